The van der Waals surface area contributed by atoms with Gasteiger partial charge in [-0.05, 0) is 67.8 Å². The first-order chi connectivity index (χ1) is 14.1. The molecule has 1 saturated carbocycles. The van der Waals surface area contributed by atoms with Crippen molar-refractivity contribution < 1.29 is 23.7 Å². The largest absolute Gasteiger partial charge is 0.497 e. The Morgan fingerprint density at radius 3 is 1.52 bits per heavy atom. The zero-order valence-electron chi connectivity index (χ0n) is 17.3. The van der Waals surface area contributed by atoms with E-state index in [2.05, 4.69) is 0 Å². The minimum Gasteiger partial charge on any atom is -0.497 e. The lowest BCUT2D eigenvalue weighted by atomic mass is 9.86. The fourth-order valence-electron chi connectivity index (χ4n) is 3.46. The summed E-state index contributed by atoms with van der Waals surface area (Å²) in [6.45, 7) is 0. The number of ketones is 1. The number of carbonyl (C=O) groups is 1. The summed E-state index contributed by atoms with van der Waals surface area (Å²) in [5.74, 6) is 2.90. The molecule has 1 fully saturated rings. The highest BCUT2D eigenvalue weighted by atomic mass is 16.5. The van der Waals surface area contributed by atoms with E-state index in [1.54, 1.807) is 28.4 Å². The number of methoxy groups -OCH3 is 4. The molecule has 0 heterocycles. The lowest BCUT2D eigenvalue weighted by molar-refractivity contribution is -0.112. The molecule has 5 nitrogen and oxygen atoms in total. The van der Waals surface area contributed by atoms with Crippen LogP contribution < -0.4 is 18.9 Å². The van der Waals surface area contributed by atoms with Gasteiger partial charge >= 0.3 is 0 Å². The Morgan fingerprint density at radius 1 is 0.690 bits per heavy atom. The molecule has 0 saturated heterocycles. The van der Waals surface area contributed by atoms with Crippen LogP contribution in [0, 0.1) is 0 Å². The number of allylic oxidation sites excluding steroid dienone is 2. The zero-order valence-corrected chi connectivity index (χ0v) is 17.3. The number of hydrogen-bond donors (Lipinski definition) is 0. The van der Waals surface area contributed by atoms with Crippen molar-refractivity contribution in [2.24, 2.45) is 0 Å². The number of Topliss-reactive ketones (excluding diaryl/α,β-unsaturated/α-hetero) is 1. The molecule has 0 unspecified atom stereocenters. The molecule has 1 aliphatic rings. The van der Waals surface area contributed by atoms with Crippen molar-refractivity contribution in [1.82, 2.24) is 0 Å². The quantitative estimate of drug-likeness (QED) is 0.650. The second kappa shape index (κ2) is 9.32. The van der Waals surface area contributed by atoms with Gasteiger partial charge in [-0.15, -0.1) is 0 Å². The number of ether oxygens (including phenoxy) is 4. The number of hydrogen-bond acceptors (Lipinski definition) is 5. The molecule has 2 aromatic rings. The first-order valence-electron chi connectivity index (χ1n) is 9.49. The van der Waals surface area contributed by atoms with E-state index in [1.807, 2.05) is 48.6 Å². The van der Waals surface area contributed by atoms with Gasteiger partial charge in [-0.2, -0.15) is 0 Å². The van der Waals surface area contributed by atoms with E-state index in [0.29, 0.717) is 11.5 Å². The van der Waals surface area contributed by atoms with Crippen LogP contribution in [-0.4, -0.2) is 34.2 Å². The van der Waals surface area contributed by atoms with Gasteiger partial charge in [0.05, 0.1) is 28.4 Å². The summed E-state index contributed by atoms with van der Waals surface area (Å²) in [6, 6.07) is 11.1. The van der Waals surface area contributed by atoms with Crippen molar-refractivity contribution in [2.45, 2.75) is 19.3 Å². The maximum Gasteiger partial charge on any atom is 0.185 e. The van der Waals surface area contributed by atoms with E-state index in [1.165, 1.54) is 0 Å². The normalized spacial score (nSPS) is 16.8. The van der Waals surface area contributed by atoms with Crippen molar-refractivity contribution in [2.75, 3.05) is 28.4 Å². The average Bonchev–Trinajstić information content (AvgIpc) is 2.76. The molecule has 0 bridgehead atoms. The Hall–Kier alpha value is -3.21. The van der Waals surface area contributed by atoms with Crippen LogP contribution in [0.5, 0.6) is 23.0 Å². The lowest BCUT2D eigenvalue weighted by Gasteiger charge is -2.18. The van der Waals surface area contributed by atoms with Crippen LogP contribution >= 0.6 is 0 Å². The topological polar surface area (TPSA) is 54.0 Å². The second-order valence-electron chi connectivity index (χ2n) is 6.74. The minimum atomic E-state index is 0.0472. The van der Waals surface area contributed by atoms with Gasteiger partial charge in [0, 0.05) is 22.3 Å². The van der Waals surface area contributed by atoms with E-state index in [-0.39, 0.29) is 5.78 Å². The first kappa shape index (κ1) is 20.5. The summed E-state index contributed by atoms with van der Waals surface area (Å²) in [4.78, 5) is 13.2. The van der Waals surface area contributed by atoms with Crippen LogP contribution in [0.15, 0.2) is 47.5 Å². The van der Waals surface area contributed by atoms with E-state index in [0.717, 1.165) is 53.0 Å². The summed E-state index contributed by atoms with van der Waals surface area (Å²) in [5.41, 5.74) is 3.18. The van der Waals surface area contributed by atoms with E-state index < -0.39 is 0 Å². The monoisotopic (exact) mass is 394 g/mol. The van der Waals surface area contributed by atoms with Crippen molar-refractivity contribution in [3.05, 3.63) is 58.7 Å². The molecule has 3 rings (SSSR count). The molecule has 0 spiro atoms. The summed E-state index contributed by atoms with van der Waals surface area (Å²) < 4.78 is 21.5. The molecule has 0 N–H and O–H groups in total. The van der Waals surface area contributed by atoms with Gasteiger partial charge in [0.2, 0.25) is 0 Å². The third kappa shape index (κ3) is 4.62. The fraction of sp³-hybridized carbons (Fsp3) is 0.292. The molecule has 0 aliphatic heterocycles. The Kier molecular flexibility index (Phi) is 6.60. The molecule has 5 heteroatoms. The van der Waals surface area contributed by atoms with Gasteiger partial charge in [0.1, 0.15) is 23.0 Å². The number of rotatable bonds is 6. The highest BCUT2D eigenvalue weighted by Crippen LogP contribution is 2.33. The third-order valence-corrected chi connectivity index (χ3v) is 5.01. The maximum absolute atomic E-state index is 13.2. The van der Waals surface area contributed by atoms with E-state index in [9.17, 15) is 4.79 Å². The maximum atomic E-state index is 13.2. The fourth-order valence-corrected chi connectivity index (χ4v) is 3.46. The van der Waals surface area contributed by atoms with Gasteiger partial charge in [0.15, 0.2) is 5.78 Å². The Labute approximate surface area is 171 Å². The van der Waals surface area contributed by atoms with Crippen LogP contribution in [0.4, 0.5) is 0 Å². The molecule has 2 aromatic carbocycles. The molecular formula is C24H26O5. The number of carbonyl (C=O) groups excluding carboxylic acids is 1. The number of benzene rings is 2. The van der Waals surface area contributed by atoms with Crippen LogP contribution in [0.2, 0.25) is 0 Å². The molecule has 1 aliphatic carbocycles. The molecule has 0 aromatic heterocycles. The SMILES string of the molecule is COc1ccc(OC)c(/C=C2\CCC/C(=C\c3cc(OC)ccc3OC)C2=O)c1. The summed E-state index contributed by atoms with van der Waals surface area (Å²) in [6.07, 6.45) is 6.17. The summed E-state index contributed by atoms with van der Waals surface area (Å²) >= 11 is 0. The standard InChI is InChI=1S/C24H26O5/c1-26-20-8-10-22(28-3)18(14-20)12-16-6-5-7-17(24(16)25)13-19-15-21(27-2)9-11-23(19)29-4/h8-15H,5-7H2,1-4H3/b16-12+,17-13+. The zero-order chi connectivity index (χ0) is 20.8. The van der Waals surface area contributed by atoms with Gasteiger partial charge in [-0.25, -0.2) is 0 Å². The first-order valence-corrected chi connectivity index (χ1v) is 9.49. The predicted molar refractivity (Wildman–Crippen MR) is 114 cm³/mol. The van der Waals surface area contributed by atoms with Gasteiger partial charge < -0.3 is 18.9 Å². The van der Waals surface area contributed by atoms with Crippen LogP contribution in [0.1, 0.15) is 30.4 Å². The van der Waals surface area contributed by atoms with Gasteiger partial charge in [0.25, 0.3) is 0 Å². The summed E-state index contributed by atoms with van der Waals surface area (Å²) in [5, 5.41) is 0. The van der Waals surface area contributed by atoms with Crippen molar-refractivity contribution in [3.8, 4) is 23.0 Å². The van der Waals surface area contributed by atoms with E-state index in [4.69, 9.17) is 18.9 Å². The smallest absolute Gasteiger partial charge is 0.185 e. The highest BCUT2D eigenvalue weighted by molar-refractivity contribution is 6.14. The van der Waals surface area contributed by atoms with Crippen LogP contribution in [0.25, 0.3) is 12.2 Å². The Morgan fingerprint density at radius 2 is 1.14 bits per heavy atom. The lowest BCUT2D eigenvalue weighted by Crippen LogP contribution is -2.12. The van der Waals surface area contributed by atoms with Crippen molar-refractivity contribution in [1.29, 1.82) is 0 Å². The Balaban J connectivity index is 1.98. The minimum absolute atomic E-state index is 0.0472. The van der Waals surface area contributed by atoms with Crippen LogP contribution in [-0.2, 0) is 4.79 Å². The molecule has 0 atom stereocenters. The van der Waals surface area contributed by atoms with Crippen molar-refractivity contribution >= 4 is 17.9 Å². The predicted octanol–water partition coefficient (Wildman–Crippen LogP) is 4.94. The molecular weight excluding hydrogens is 368 g/mol. The van der Waals surface area contributed by atoms with Gasteiger partial charge in [-0.3, -0.25) is 4.79 Å². The highest BCUT2D eigenvalue weighted by Gasteiger charge is 2.22. The van der Waals surface area contributed by atoms with Crippen molar-refractivity contribution in [3.63, 3.8) is 0 Å². The summed E-state index contributed by atoms with van der Waals surface area (Å²) in [7, 11) is 6.47. The molecule has 0 amide bonds. The molecule has 152 valence electrons. The second-order valence-corrected chi connectivity index (χ2v) is 6.74. The molecule has 29 heavy (non-hydrogen) atoms. The average molecular weight is 394 g/mol. The van der Waals surface area contributed by atoms with Gasteiger partial charge in [-0.1, -0.05) is 0 Å². The third-order valence-electron chi connectivity index (χ3n) is 5.01. The van der Waals surface area contributed by atoms with E-state index >= 15 is 0 Å². The molecule has 0 radical (unpaired) electrons. The Bertz CT molecular complexity index is 880. The van der Waals surface area contributed by atoms with Crippen LogP contribution in [0.3, 0.4) is 0 Å².